The fourth-order valence-corrected chi connectivity index (χ4v) is 7.04. The second-order valence-corrected chi connectivity index (χ2v) is 9.51. The lowest BCUT2D eigenvalue weighted by molar-refractivity contribution is 0.00124. The molecule has 2 aromatic carbocycles. The van der Waals surface area contributed by atoms with Crippen LogP contribution in [0.25, 0.3) is 10.8 Å². The minimum Gasteiger partial charge on any atom is -0.495 e. The highest BCUT2D eigenvalue weighted by Gasteiger charge is 2.48. The summed E-state index contributed by atoms with van der Waals surface area (Å²) in [5.74, 6) is 4.85. The van der Waals surface area contributed by atoms with Gasteiger partial charge in [-0.3, -0.25) is 0 Å². The van der Waals surface area contributed by atoms with Gasteiger partial charge in [0, 0.05) is 0 Å². The van der Waals surface area contributed by atoms with Gasteiger partial charge in [-0.2, -0.15) is 0 Å². The van der Waals surface area contributed by atoms with Crippen molar-refractivity contribution >= 4 is 22.4 Å². The van der Waals surface area contributed by atoms with E-state index in [1.54, 1.807) is 7.11 Å². The summed E-state index contributed by atoms with van der Waals surface area (Å²) in [6.07, 6.45) is 9.04. The molecule has 0 heterocycles. The zero-order chi connectivity index (χ0) is 18.8. The first-order chi connectivity index (χ1) is 13.7. The number of ether oxygens (including phenoxy) is 1. The quantitative estimate of drug-likeness (QED) is 0.613. The molecule has 4 heteroatoms. The van der Waals surface area contributed by atoms with Crippen LogP contribution in [0.3, 0.4) is 0 Å². The van der Waals surface area contributed by atoms with E-state index in [2.05, 4.69) is 29.6 Å². The largest absolute Gasteiger partial charge is 0.495 e. The number of hydrogen-bond acceptors (Lipinski definition) is 2. The van der Waals surface area contributed by atoms with Crippen molar-refractivity contribution in [3.8, 4) is 5.75 Å². The maximum Gasteiger partial charge on any atom is 0.193 e. The van der Waals surface area contributed by atoms with E-state index in [-0.39, 0.29) is 0 Å². The maximum absolute atomic E-state index is 6.48. The minimum absolute atomic E-state index is 0.413. The molecule has 0 aliphatic heterocycles. The molecule has 5 aliphatic rings. The van der Waals surface area contributed by atoms with Crippen LogP contribution in [0.5, 0.6) is 5.75 Å². The second-order valence-electron chi connectivity index (χ2n) is 9.51. The van der Waals surface area contributed by atoms with Gasteiger partial charge in [-0.25, -0.2) is 4.99 Å². The number of methoxy groups -OCH3 is 1. The van der Waals surface area contributed by atoms with Crippen LogP contribution in [0.15, 0.2) is 29.3 Å². The predicted molar refractivity (Wildman–Crippen MR) is 114 cm³/mol. The van der Waals surface area contributed by atoms with E-state index in [1.165, 1.54) is 54.0 Å². The van der Waals surface area contributed by atoms with Crippen LogP contribution in [0, 0.1) is 23.7 Å². The molecule has 3 N–H and O–H groups in total. The summed E-state index contributed by atoms with van der Waals surface area (Å²) < 4.78 is 5.73. The summed E-state index contributed by atoms with van der Waals surface area (Å²) in [4.78, 5) is 5.05. The summed E-state index contributed by atoms with van der Waals surface area (Å²) in [5.41, 5.74) is 10.2. The third kappa shape index (κ3) is 2.46. The van der Waals surface area contributed by atoms with E-state index in [9.17, 15) is 0 Å². The zero-order valence-electron chi connectivity index (χ0n) is 16.6. The summed E-state index contributed by atoms with van der Waals surface area (Å²) in [6.45, 7) is 0. The van der Waals surface area contributed by atoms with Crippen LogP contribution in [0.2, 0.25) is 0 Å². The molecule has 28 heavy (non-hydrogen) atoms. The third-order valence-corrected chi connectivity index (χ3v) is 7.90. The molecule has 4 bridgehead atoms. The number of nitrogens with two attached hydrogens (primary N) is 1. The lowest BCUT2D eigenvalue weighted by atomic mass is 9.54. The summed E-state index contributed by atoms with van der Waals surface area (Å²) in [6, 6.07) is 9.09. The summed E-state index contributed by atoms with van der Waals surface area (Å²) in [7, 11) is 1.74. The number of rotatable bonds is 3. The van der Waals surface area contributed by atoms with Gasteiger partial charge in [0.1, 0.15) is 5.75 Å². The van der Waals surface area contributed by atoms with Crippen molar-refractivity contribution in [1.82, 2.24) is 0 Å². The Hall–Kier alpha value is -2.23. The molecule has 5 aliphatic carbocycles. The van der Waals surface area contributed by atoms with Crippen molar-refractivity contribution in [2.45, 2.75) is 51.0 Å². The number of nitrogens with zero attached hydrogens (tertiary/aromatic N) is 1. The molecule has 4 saturated carbocycles. The molecule has 0 aromatic heterocycles. The van der Waals surface area contributed by atoms with Gasteiger partial charge in [-0.1, -0.05) is 18.2 Å². The Morgan fingerprint density at radius 2 is 1.82 bits per heavy atom. The highest BCUT2D eigenvalue weighted by atomic mass is 16.5. The van der Waals surface area contributed by atoms with E-state index >= 15 is 0 Å². The average Bonchev–Trinajstić information content (AvgIpc) is 3.12. The first-order valence-electron chi connectivity index (χ1n) is 10.9. The molecule has 0 radical (unpaired) electrons. The third-order valence-electron chi connectivity index (χ3n) is 7.90. The van der Waals surface area contributed by atoms with Crippen LogP contribution < -0.4 is 15.8 Å². The van der Waals surface area contributed by atoms with Crippen molar-refractivity contribution in [3.63, 3.8) is 0 Å². The Morgan fingerprint density at radius 1 is 1.07 bits per heavy atom. The fourth-order valence-electron chi connectivity index (χ4n) is 7.04. The first kappa shape index (κ1) is 16.7. The molecule has 0 amide bonds. The molecule has 2 aromatic rings. The standard InChI is InChI=1S/C24H29N3O/c1-28-20-12-16-4-2-3-15-5-6-19(21(15)16)23(20)27-24(25)26-22-17-8-13-7-14(10-17)11-18(22)9-13/h2-4,12-14,17-18,22H,5-11H2,1H3,(H3,25,26,27). The van der Waals surface area contributed by atoms with Gasteiger partial charge in [0.2, 0.25) is 0 Å². The van der Waals surface area contributed by atoms with Gasteiger partial charge in [-0.05, 0) is 96.6 Å². The Bertz CT molecular complexity index is 951. The van der Waals surface area contributed by atoms with Crippen LogP contribution >= 0.6 is 0 Å². The van der Waals surface area contributed by atoms with Crippen molar-refractivity contribution < 1.29 is 4.74 Å². The van der Waals surface area contributed by atoms with E-state index in [0.717, 1.165) is 48.0 Å². The molecular weight excluding hydrogens is 346 g/mol. The predicted octanol–water partition coefficient (Wildman–Crippen LogP) is 4.50. The minimum atomic E-state index is 0.413. The van der Waals surface area contributed by atoms with Crippen molar-refractivity contribution in [2.75, 3.05) is 12.4 Å². The SMILES string of the molecule is COc1cc2cccc3c2c(c1NC(N)=NC1C2CC4CC(C2)CC1C4)CC3. The number of hydrogen-bond donors (Lipinski definition) is 2. The van der Waals surface area contributed by atoms with E-state index < -0.39 is 0 Å². The van der Waals surface area contributed by atoms with Crippen LogP contribution in [-0.4, -0.2) is 19.1 Å². The Labute approximate surface area is 166 Å². The average molecular weight is 376 g/mol. The molecule has 146 valence electrons. The number of aliphatic imine (C=N–C) groups is 1. The molecular formula is C24H29N3O. The molecule has 0 saturated heterocycles. The Morgan fingerprint density at radius 3 is 2.54 bits per heavy atom. The smallest absolute Gasteiger partial charge is 0.193 e. The van der Waals surface area contributed by atoms with Gasteiger partial charge < -0.3 is 15.8 Å². The van der Waals surface area contributed by atoms with E-state index in [0.29, 0.717) is 12.0 Å². The second kappa shape index (κ2) is 6.13. The molecule has 4 fully saturated rings. The number of benzene rings is 2. The van der Waals surface area contributed by atoms with Crippen LogP contribution in [-0.2, 0) is 12.8 Å². The molecule has 0 unspecified atom stereocenters. The van der Waals surface area contributed by atoms with E-state index in [1.807, 2.05) is 0 Å². The maximum atomic E-state index is 6.48. The number of anilines is 1. The summed E-state index contributed by atoms with van der Waals surface area (Å²) >= 11 is 0. The number of nitrogens with one attached hydrogen (secondary N) is 1. The molecule has 0 atom stereocenters. The van der Waals surface area contributed by atoms with Crippen molar-refractivity contribution in [2.24, 2.45) is 34.4 Å². The normalized spacial score (nSPS) is 32.9. The van der Waals surface area contributed by atoms with Crippen LogP contribution in [0.4, 0.5) is 5.69 Å². The zero-order valence-corrected chi connectivity index (χ0v) is 16.6. The highest BCUT2D eigenvalue weighted by Crippen LogP contribution is 2.54. The number of aryl methyl sites for hydroxylation is 2. The van der Waals surface area contributed by atoms with Gasteiger partial charge in [0.05, 0.1) is 18.8 Å². The van der Waals surface area contributed by atoms with Gasteiger partial charge >= 0.3 is 0 Å². The number of guanidine groups is 1. The molecule has 4 nitrogen and oxygen atoms in total. The van der Waals surface area contributed by atoms with Gasteiger partial charge in [0.25, 0.3) is 0 Å². The lowest BCUT2D eigenvalue weighted by Gasteiger charge is -2.53. The Kier molecular flexibility index (Phi) is 3.66. The van der Waals surface area contributed by atoms with Crippen molar-refractivity contribution in [3.05, 3.63) is 35.4 Å². The molecule has 0 spiro atoms. The van der Waals surface area contributed by atoms with Gasteiger partial charge in [-0.15, -0.1) is 0 Å². The highest BCUT2D eigenvalue weighted by molar-refractivity contribution is 6.02. The van der Waals surface area contributed by atoms with Crippen molar-refractivity contribution in [1.29, 1.82) is 0 Å². The van der Waals surface area contributed by atoms with Gasteiger partial charge in [0.15, 0.2) is 5.96 Å². The lowest BCUT2D eigenvalue weighted by Crippen LogP contribution is -2.48. The Balaban J connectivity index is 1.34. The topological polar surface area (TPSA) is 59.6 Å². The van der Waals surface area contributed by atoms with Crippen LogP contribution in [0.1, 0.15) is 43.2 Å². The monoisotopic (exact) mass is 375 g/mol. The summed E-state index contributed by atoms with van der Waals surface area (Å²) in [5, 5.41) is 6.09. The first-order valence-corrected chi connectivity index (χ1v) is 10.9. The molecule has 7 rings (SSSR count). The van der Waals surface area contributed by atoms with E-state index in [4.69, 9.17) is 15.5 Å². The fraction of sp³-hybridized carbons (Fsp3) is 0.542.